The van der Waals surface area contributed by atoms with Crippen LogP contribution in [0.5, 0.6) is 0 Å². The molecule has 1 saturated heterocycles. The standard InChI is InChI=1S/C17H29N3/c1-4-10-19-16(14-15-9-5-6-11-18-15)17(2,3)20-12-7-8-13-20/h5-6,9,11,16,19H,4,7-8,10,12-14H2,1-3H3. The molecular formula is C17H29N3. The number of nitrogens with zero attached hydrogens (tertiary/aromatic N) is 2. The highest BCUT2D eigenvalue weighted by atomic mass is 15.2. The summed E-state index contributed by atoms with van der Waals surface area (Å²) in [7, 11) is 0. The van der Waals surface area contributed by atoms with Crippen LogP contribution < -0.4 is 5.32 Å². The van der Waals surface area contributed by atoms with Crippen molar-refractivity contribution >= 4 is 0 Å². The van der Waals surface area contributed by atoms with E-state index < -0.39 is 0 Å². The first-order valence-electron chi connectivity index (χ1n) is 8.03. The molecular weight excluding hydrogens is 246 g/mol. The van der Waals surface area contributed by atoms with Crippen molar-refractivity contribution in [1.29, 1.82) is 0 Å². The zero-order valence-corrected chi connectivity index (χ0v) is 13.2. The summed E-state index contributed by atoms with van der Waals surface area (Å²) in [6, 6.07) is 6.67. The summed E-state index contributed by atoms with van der Waals surface area (Å²) in [5.74, 6) is 0. The Balaban J connectivity index is 2.09. The van der Waals surface area contributed by atoms with E-state index in [-0.39, 0.29) is 5.54 Å². The van der Waals surface area contributed by atoms with Gasteiger partial charge in [0.25, 0.3) is 0 Å². The van der Waals surface area contributed by atoms with Gasteiger partial charge in [0.05, 0.1) is 0 Å². The van der Waals surface area contributed by atoms with Gasteiger partial charge in [-0.3, -0.25) is 9.88 Å². The van der Waals surface area contributed by atoms with Gasteiger partial charge in [-0.2, -0.15) is 0 Å². The average Bonchev–Trinajstić information content (AvgIpc) is 2.99. The van der Waals surface area contributed by atoms with Gasteiger partial charge in [-0.15, -0.1) is 0 Å². The van der Waals surface area contributed by atoms with Crippen LogP contribution in [0.15, 0.2) is 24.4 Å². The second-order valence-corrected chi connectivity index (χ2v) is 6.38. The van der Waals surface area contributed by atoms with Crippen LogP contribution in [0.25, 0.3) is 0 Å². The zero-order chi connectivity index (χ0) is 14.4. The van der Waals surface area contributed by atoms with Crippen LogP contribution in [0.3, 0.4) is 0 Å². The minimum absolute atomic E-state index is 0.184. The van der Waals surface area contributed by atoms with Crippen LogP contribution in [-0.2, 0) is 6.42 Å². The molecule has 0 radical (unpaired) electrons. The summed E-state index contributed by atoms with van der Waals surface area (Å²) in [6.45, 7) is 10.5. The molecule has 2 rings (SSSR count). The van der Waals surface area contributed by atoms with Crippen LogP contribution in [-0.4, -0.2) is 41.1 Å². The van der Waals surface area contributed by atoms with E-state index in [4.69, 9.17) is 0 Å². The molecule has 1 unspecified atom stereocenters. The Labute approximate surface area is 123 Å². The Morgan fingerprint density at radius 1 is 1.30 bits per heavy atom. The fraction of sp³-hybridized carbons (Fsp3) is 0.706. The van der Waals surface area contributed by atoms with Crippen molar-refractivity contribution in [1.82, 2.24) is 15.2 Å². The first-order chi connectivity index (χ1) is 9.64. The molecule has 3 heteroatoms. The molecule has 0 saturated carbocycles. The normalized spacial score (nSPS) is 18.4. The maximum absolute atomic E-state index is 4.51. The number of nitrogens with one attached hydrogen (secondary N) is 1. The van der Waals surface area contributed by atoms with Crippen molar-refractivity contribution in [2.24, 2.45) is 0 Å². The minimum Gasteiger partial charge on any atom is -0.312 e. The van der Waals surface area contributed by atoms with E-state index in [0.717, 1.165) is 13.0 Å². The molecule has 1 aliphatic heterocycles. The van der Waals surface area contributed by atoms with Gasteiger partial charge in [-0.25, -0.2) is 0 Å². The topological polar surface area (TPSA) is 28.2 Å². The van der Waals surface area contributed by atoms with Crippen LogP contribution in [0.1, 0.15) is 45.7 Å². The van der Waals surface area contributed by atoms with E-state index >= 15 is 0 Å². The molecule has 2 heterocycles. The molecule has 0 amide bonds. The van der Waals surface area contributed by atoms with Gasteiger partial charge in [-0.1, -0.05) is 13.0 Å². The van der Waals surface area contributed by atoms with Crippen molar-refractivity contribution < 1.29 is 0 Å². The highest BCUT2D eigenvalue weighted by Gasteiger charge is 2.36. The summed E-state index contributed by atoms with van der Waals surface area (Å²) in [5, 5.41) is 3.75. The fourth-order valence-corrected chi connectivity index (χ4v) is 3.13. The van der Waals surface area contributed by atoms with Gasteiger partial charge in [0.15, 0.2) is 0 Å². The number of hydrogen-bond donors (Lipinski definition) is 1. The highest BCUT2D eigenvalue weighted by Crippen LogP contribution is 2.26. The van der Waals surface area contributed by atoms with E-state index in [2.05, 4.69) is 48.1 Å². The van der Waals surface area contributed by atoms with Crippen LogP contribution in [0.4, 0.5) is 0 Å². The van der Waals surface area contributed by atoms with Crippen LogP contribution in [0.2, 0.25) is 0 Å². The molecule has 1 aromatic heterocycles. The number of aromatic nitrogens is 1. The third-order valence-corrected chi connectivity index (χ3v) is 4.55. The van der Waals surface area contributed by atoms with E-state index in [0.29, 0.717) is 6.04 Å². The molecule has 20 heavy (non-hydrogen) atoms. The quantitative estimate of drug-likeness (QED) is 0.829. The first-order valence-corrected chi connectivity index (χ1v) is 8.03. The Bertz CT molecular complexity index is 382. The molecule has 1 N–H and O–H groups in total. The third-order valence-electron chi connectivity index (χ3n) is 4.55. The summed E-state index contributed by atoms with van der Waals surface area (Å²) in [5.41, 5.74) is 1.37. The Morgan fingerprint density at radius 3 is 2.65 bits per heavy atom. The summed E-state index contributed by atoms with van der Waals surface area (Å²) < 4.78 is 0. The van der Waals surface area contributed by atoms with Crippen LogP contribution >= 0.6 is 0 Å². The maximum atomic E-state index is 4.51. The molecule has 0 bridgehead atoms. The lowest BCUT2D eigenvalue weighted by atomic mass is 9.88. The van der Waals surface area contributed by atoms with Crippen molar-refractivity contribution in [2.75, 3.05) is 19.6 Å². The first kappa shape index (κ1) is 15.5. The Kier molecular flexibility index (Phi) is 5.55. The van der Waals surface area contributed by atoms with Crippen molar-refractivity contribution in [3.05, 3.63) is 30.1 Å². The number of hydrogen-bond acceptors (Lipinski definition) is 3. The molecule has 0 aromatic carbocycles. The molecule has 1 fully saturated rings. The van der Waals surface area contributed by atoms with Gasteiger partial charge in [-0.05, 0) is 64.9 Å². The highest BCUT2D eigenvalue weighted by molar-refractivity contribution is 5.09. The van der Waals surface area contributed by atoms with E-state index in [1.165, 1.54) is 38.0 Å². The second kappa shape index (κ2) is 7.19. The van der Waals surface area contributed by atoms with E-state index in [1.54, 1.807) is 0 Å². The number of likely N-dealkylation sites (tertiary alicyclic amines) is 1. The SMILES string of the molecule is CCCNC(Cc1ccccn1)C(C)(C)N1CCCC1. The van der Waals surface area contributed by atoms with E-state index in [9.17, 15) is 0 Å². The third kappa shape index (κ3) is 3.80. The maximum Gasteiger partial charge on any atom is 0.0419 e. The molecule has 0 spiro atoms. The summed E-state index contributed by atoms with van der Waals surface area (Å²) >= 11 is 0. The van der Waals surface area contributed by atoms with E-state index in [1.807, 2.05) is 12.3 Å². The van der Waals surface area contributed by atoms with Crippen LogP contribution in [0, 0.1) is 0 Å². The van der Waals surface area contributed by atoms with Gasteiger partial charge in [0.1, 0.15) is 0 Å². The van der Waals surface area contributed by atoms with Gasteiger partial charge >= 0.3 is 0 Å². The molecule has 0 aliphatic carbocycles. The minimum atomic E-state index is 0.184. The molecule has 1 aromatic rings. The smallest absolute Gasteiger partial charge is 0.0419 e. The molecule has 3 nitrogen and oxygen atoms in total. The summed E-state index contributed by atoms with van der Waals surface area (Å²) in [6.07, 6.45) is 6.76. The van der Waals surface area contributed by atoms with Gasteiger partial charge in [0.2, 0.25) is 0 Å². The lowest BCUT2D eigenvalue weighted by molar-refractivity contribution is 0.106. The predicted octanol–water partition coefficient (Wildman–Crippen LogP) is 2.87. The van der Waals surface area contributed by atoms with Gasteiger partial charge < -0.3 is 5.32 Å². The van der Waals surface area contributed by atoms with Gasteiger partial charge in [0, 0.05) is 29.9 Å². The average molecular weight is 275 g/mol. The zero-order valence-electron chi connectivity index (χ0n) is 13.2. The Hall–Kier alpha value is -0.930. The molecule has 112 valence electrons. The van der Waals surface area contributed by atoms with Crippen molar-refractivity contribution in [3.8, 4) is 0 Å². The van der Waals surface area contributed by atoms with Crippen molar-refractivity contribution in [2.45, 2.75) is 58.0 Å². The lowest BCUT2D eigenvalue weighted by Gasteiger charge is -2.42. The fourth-order valence-electron chi connectivity index (χ4n) is 3.13. The largest absolute Gasteiger partial charge is 0.312 e. The van der Waals surface area contributed by atoms with Crippen molar-refractivity contribution in [3.63, 3.8) is 0 Å². The second-order valence-electron chi connectivity index (χ2n) is 6.38. The molecule has 1 aliphatic rings. The summed E-state index contributed by atoms with van der Waals surface area (Å²) in [4.78, 5) is 7.15. The predicted molar refractivity (Wildman–Crippen MR) is 84.9 cm³/mol. The monoisotopic (exact) mass is 275 g/mol. The number of pyridine rings is 1. The molecule has 1 atom stereocenters. The number of rotatable bonds is 7. The Morgan fingerprint density at radius 2 is 2.05 bits per heavy atom. The lowest BCUT2D eigenvalue weighted by Crippen LogP contribution is -2.58.